The van der Waals surface area contributed by atoms with Crippen molar-refractivity contribution < 1.29 is 22.3 Å². The van der Waals surface area contributed by atoms with Crippen LogP contribution >= 0.6 is 0 Å². The molecule has 0 aromatic heterocycles. The Morgan fingerprint density at radius 1 is 1.06 bits per heavy atom. The van der Waals surface area contributed by atoms with E-state index in [1.165, 1.54) is 0 Å². The molecule has 0 amide bonds. The molecule has 0 saturated carbocycles. The van der Waals surface area contributed by atoms with Crippen LogP contribution in [0.5, 0.6) is 0 Å². The summed E-state index contributed by atoms with van der Waals surface area (Å²) >= 11 is 0. The van der Waals surface area contributed by atoms with Gasteiger partial charge in [0.15, 0.2) is 23.3 Å². The molecule has 2 rings (SSSR count). The first kappa shape index (κ1) is 13.3. The van der Waals surface area contributed by atoms with Crippen LogP contribution < -0.4 is 5.73 Å². The molecule has 0 radical (unpaired) electrons. The standard InChI is InChI=1S/C12H13F4NO/c13-7-5-8(14)11(16)9(10(7)15)12(17)6-1-3-18-4-2-6/h5-6,12H,1-4,17H2/t12-/m0/s1. The third kappa shape index (κ3) is 2.35. The van der Waals surface area contributed by atoms with E-state index in [0.717, 1.165) is 0 Å². The maximum atomic E-state index is 13.6. The van der Waals surface area contributed by atoms with Crippen molar-refractivity contribution in [3.63, 3.8) is 0 Å². The Hall–Kier alpha value is -1.14. The third-order valence-corrected chi connectivity index (χ3v) is 3.25. The molecule has 18 heavy (non-hydrogen) atoms. The van der Waals surface area contributed by atoms with Gasteiger partial charge >= 0.3 is 0 Å². The summed E-state index contributed by atoms with van der Waals surface area (Å²) in [5.41, 5.74) is 5.03. The van der Waals surface area contributed by atoms with Gasteiger partial charge in [-0.3, -0.25) is 0 Å². The third-order valence-electron chi connectivity index (χ3n) is 3.25. The number of benzene rings is 1. The summed E-state index contributed by atoms with van der Waals surface area (Å²) in [6.45, 7) is 0.860. The molecule has 1 aromatic carbocycles. The Kier molecular flexibility index (Phi) is 3.87. The highest BCUT2D eigenvalue weighted by Gasteiger charge is 2.30. The largest absolute Gasteiger partial charge is 0.381 e. The fourth-order valence-electron chi connectivity index (χ4n) is 2.19. The Morgan fingerprint density at radius 3 is 2.06 bits per heavy atom. The van der Waals surface area contributed by atoms with Gasteiger partial charge in [0, 0.05) is 30.9 Å². The van der Waals surface area contributed by atoms with Gasteiger partial charge in [-0.25, -0.2) is 17.6 Å². The number of ether oxygens (including phenoxy) is 1. The number of hydrogen-bond acceptors (Lipinski definition) is 2. The van der Waals surface area contributed by atoms with Gasteiger partial charge < -0.3 is 10.5 Å². The lowest BCUT2D eigenvalue weighted by Gasteiger charge is -2.28. The second-order valence-electron chi connectivity index (χ2n) is 4.36. The maximum absolute atomic E-state index is 13.6. The molecular formula is C12H13F4NO. The Labute approximate surface area is 102 Å². The van der Waals surface area contributed by atoms with E-state index in [1.807, 2.05) is 0 Å². The molecule has 0 aliphatic carbocycles. The Morgan fingerprint density at radius 2 is 1.56 bits per heavy atom. The van der Waals surface area contributed by atoms with E-state index < -0.39 is 34.9 Å². The molecule has 1 aliphatic heterocycles. The predicted octanol–water partition coefficient (Wildman–Crippen LogP) is 2.67. The summed E-state index contributed by atoms with van der Waals surface area (Å²) in [5.74, 6) is -5.91. The van der Waals surface area contributed by atoms with E-state index in [9.17, 15) is 17.6 Å². The molecule has 100 valence electrons. The summed E-state index contributed by atoms with van der Waals surface area (Å²) in [7, 11) is 0. The minimum atomic E-state index is -1.42. The molecule has 2 N–H and O–H groups in total. The van der Waals surface area contributed by atoms with Gasteiger partial charge in [0.25, 0.3) is 0 Å². The van der Waals surface area contributed by atoms with Crippen molar-refractivity contribution in [1.82, 2.24) is 0 Å². The smallest absolute Gasteiger partial charge is 0.166 e. The van der Waals surface area contributed by atoms with Gasteiger partial charge in [0.05, 0.1) is 0 Å². The lowest BCUT2D eigenvalue weighted by molar-refractivity contribution is 0.0574. The van der Waals surface area contributed by atoms with Gasteiger partial charge in [0.2, 0.25) is 0 Å². The van der Waals surface area contributed by atoms with Gasteiger partial charge in [0.1, 0.15) is 0 Å². The number of hydrogen-bond donors (Lipinski definition) is 1. The number of halogens is 4. The molecule has 1 aliphatic rings. The van der Waals surface area contributed by atoms with Crippen LogP contribution in [0.2, 0.25) is 0 Å². The maximum Gasteiger partial charge on any atom is 0.166 e. The van der Waals surface area contributed by atoms with Gasteiger partial charge in [-0.2, -0.15) is 0 Å². The summed E-state index contributed by atoms with van der Waals surface area (Å²) in [5, 5.41) is 0. The molecule has 1 fully saturated rings. The molecule has 0 spiro atoms. The minimum Gasteiger partial charge on any atom is -0.381 e. The molecule has 0 unspecified atom stereocenters. The van der Waals surface area contributed by atoms with Crippen LogP contribution in [-0.4, -0.2) is 13.2 Å². The van der Waals surface area contributed by atoms with Crippen LogP contribution in [0.1, 0.15) is 24.4 Å². The molecule has 2 nitrogen and oxygen atoms in total. The zero-order valence-corrected chi connectivity index (χ0v) is 9.56. The van der Waals surface area contributed by atoms with E-state index in [2.05, 4.69) is 0 Å². The van der Waals surface area contributed by atoms with Crippen LogP contribution in [0, 0.1) is 29.2 Å². The zero-order valence-electron chi connectivity index (χ0n) is 9.56. The highest BCUT2D eigenvalue weighted by molar-refractivity contribution is 5.26. The van der Waals surface area contributed by atoms with Crippen LogP contribution in [0.4, 0.5) is 17.6 Å². The van der Waals surface area contributed by atoms with Crippen LogP contribution in [-0.2, 0) is 4.74 Å². The molecule has 1 atom stereocenters. The predicted molar refractivity (Wildman–Crippen MR) is 56.7 cm³/mol. The monoisotopic (exact) mass is 263 g/mol. The van der Waals surface area contributed by atoms with Crippen molar-refractivity contribution in [1.29, 1.82) is 0 Å². The van der Waals surface area contributed by atoms with Gasteiger partial charge in [-0.15, -0.1) is 0 Å². The first-order chi connectivity index (χ1) is 8.52. The van der Waals surface area contributed by atoms with Crippen molar-refractivity contribution in [2.75, 3.05) is 13.2 Å². The van der Waals surface area contributed by atoms with Crippen molar-refractivity contribution in [2.24, 2.45) is 11.7 Å². The lowest BCUT2D eigenvalue weighted by atomic mass is 9.87. The summed E-state index contributed by atoms with van der Waals surface area (Å²) in [4.78, 5) is 0. The molecule has 0 bridgehead atoms. The Bertz CT molecular complexity index is 420. The summed E-state index contributed by atoms with van der Waals surface area (Å²) in [6, 6.07) is -0.885. The summed E-state index contributed by atoms with van der Waals surface area (Å²) < 4.78 is 58.4. The highest BCUT2D eigenvalue weighted by atomic mass is 19.2. The van der Waals surface area contributed by atoms with Crippen molar-refractivity contribution in [3.05, 3.63) is 34.9 Å². The van der Waals surface area contributed by atoms with E-state index in [0.29, 0.717) is 26.1 Å². The van der Waals surface area contributed by atoms with Gasteiger partial charge in [-0.1, -0.05) is 0 Å². The van der Waals surface area contributed by atoms with E-state index in [-0.39, 0.29) is 12.0 Å². The molecule has 1 heterocycles. The van der Waals surface area contributed by atoms with Crippen LogP contribution in [0.25, 0.3) is 0 Å². The first-order valence-electron chi connectivity index (χ1n) is 5.68. The topological polar surface area (TPSA) is 35.2 Å². The fraction of sp³-hybridized carbons (Fsp3) is 0.500. The number of nitrogens with two attached hydrogens (primary N) is 1. The van der Waals surface area contributed by atoms with E-state index in [1.54, 1.807) is 0 Å². The molecule has 1 saturated heterocycles. The number of rotatable bonds is 2. The van der Waals surface area contributed by atoms with Crippen LogP contribution in [0.3, 0.4) is 0 Å². The summed E-state index contributed by atoms with van der Waals surface area (Å²) in [6.07, 6.45) is 1.02. The SMILES string of the molecule is N[C@H](c1c(F)c(F)cc(F)c1F)C1CCOCC1. The second-order valence-corrected chi connectivity index (χ2v) is 4.36. The Balaban J connectivity index is 2.37. The van der Waals surface area contributed by atoms with Crippen molar-refractivity contribution >= 4 is 0 Å². The average molecular weight is 263 g/mol. The minimum absolute atomic E-state index is 0.185. The quantitative estimate of drug-likeness (QED) is 0.657. The van der Waals surface area contributed by atoms with Crippen molar-refractivity contribution in [2.45, 2.75) is 18.9 Å². The van der Waals surface area contributed by atoms with E-state index >= 15 is 0 Å². The lowest BCUT2D eigenvalue weighted by Crippen LogP contribution is -2.29. The average Bonchev–Trinajstić information content (AvgIpc) is 2.37. The zero-order chi connectivity index (χ0) is 13.3. The van der Waals surface area contributed by atoms with Gasteiger partial charge in [-0.05, 0) is 18.8 Å². The highest BCUT2D eigenvalue weighted by Crippen LogP contribution is 2.32. The fourth-order valence-corrected chi connectivity index (χ4v) is 2.19. The van der Waals surface area contributed by atoms with Crippen molar-refractivity contribution in [3.8, 4) is 0 Å². The normalized spacial score (nSPS) is 18.9. The molecule has 1 aromatic rings. The molecular weight excluding hydrogens is 250 g/mol. The second kappa shape index (κ2) is 5.24. The first-order valence-corrected chi connectivity index (χ1v) is 5.68. The van der Waals surface area contributed by atoms with Crippen LogP contribution in [0.15, 0.2) is 6.07 Å². The molecule has 6 heteroatoms. The van der Waals surface area contributed by atoms with E-state index in [4.69, 9.17) is 10.5 Å².